The smallest absolute Gasteiger partial charge is 0.220 e. The number of rotatable bonds is 50. The zero-order valence-electron chi connectivity index (χ0n) is 51.2. The van der Waals surface area contributed by atoms with Crippen LogP contribution in [0.4, 0.5) is 0 Å². The molecule has 3 aliphatic rings. The first-order valence-corrected chi connectivity index (χ1v) is 33.1. The Morgan fingerprint density at radius 3 is 1.27 bits per heavy atom. The number of hydrogen-bond acceptors (Lipinski definition) is 18. The maximum Gasteiger partial charge on any atom is 0.220 e. The monoisotopic (exact) mass is 1190 g/mol. The third-order valence-electron chi connectivity index (χ3n) is 16.8. The van der Waals surface area contributed by atoms with Gasteiger partial charge in [0.1, 0.15) is 73.2 Å². The summed E-state index contributed by atoms with van der Waals surface area (Å²) in [6, 6.07) is -0.893. The summed E-state index contributed by atoms with van der Waals surface area (Å²) in [6.45, 7) is 1.76. The average molecular weight is 1190 g/mol. The molecule has 83 heavy (non-hydrogen) atoms. The van der Waals surface area contributed by atoms with Crippen LogP contribution in [0.5, 0.6) is 0 Å². The van der Waals surface area contributed by atoms with Crippen molar-refractivity contribution in [2.45, 2.75) is 349 Å². The van der Waals surface area contributed by atoms with Crippen LogP contribution >= 0.6 is 0 Å². The van der Waals surface area contributed by atoms with Crippen LogP contribution in [0.25, 0.3) is 0 Å². The number of unbranched alkanes of at least 4 members (excludes halogenated alkanes) is 30. The summed E-state index contributed by atoms with van der Waals surface area (Å²) in [6.07, 6.45) is 24.1. The number of nitrogens with one attached hydrogen (secondary N) is 1. The Balaban J connectivity index is 1.44. The van der Waals surface area contributed by atoms with Gasteiger partial charge < -0.3 is 89.9 Å². The van der Waals surface area contributed by atoms with Crippen molar-refractivity contribution in [3.8, 4) is 0 Å². The van der Waals surface area contributed by atoms with E-state index in [1.807, 2.05) is 0 Å². The van der Waals surface area contributed by atoms with Crippen LogP contribution in [-0.4, -0.2) is 193 Å². The first-order valence-electron chi connectivity index (χ1n) is 33.1. The van der Waals surface area contributed by atoms with E-state index in [9.17, 15) is 61.0 Å². The van der Waals surface area contributed by atoms with E-state index in [1.165, 1.54) is 141 Å². The number of allylic oxidation sites excluding steroid dienone is 4. The lowest BCUT2D eigenvalue weighted by Crippen LogP contribution is -2.66. The molecule has 488 valence electrons. The second-order valence-electron chi connectivity index (χ2n) is 23.9. The number of carbonyl (C=O) groups excluding carboxylic acids is 1. The van der Waals surface area contributed by atoms with E-state index in [2.05, 4.69) is 43.5 Å². The highest BCUT2D eigenvalue weighted by Gasteiger charge is 2.53. The zero-order chi connectivity index (χ0) is 60.5. The number of aliphatic hydroxyl groups excluding tert-OH is 11. The molecule has 0 saturated carbocycles. The van der Waals surface area contributed by atoms with Crippen LogP contribution in [0.2, 0.25) is 0 Å². The molecule has 19 heteroatoms. The molecule has 1 amide bonds. The SMILES string of the molecule is CCCC/C=C\C/C=C\CCCCCCCC(=O)NC(COC1OC(CO)C(OC2OC(CO)C(OC3OC(CO)C(O)C(O)C3O)C(O)C2O)C(O)C1O)C(O)CCCCCCCCCCCCCCCCCCCCCCCCCC. The number of ether oxygens (including phenoxy) is 6. The number of carbonyl (C=O) groups is 1. The van der Waals surface area contributed by atoms with Gasteiger partial charge in [0.2, 0.25) is 5.91 Å². The van der Waals surface area contributed by atoms with E-state index in [1.54, 1.807) is 0 Å². The largest absolute Gasteiger partial charge is 0.394 e. The van der Waals surface area contributed by atoms with Gasteiger partial charge in [-0.3, -0.25) is 4.79 Å². The normalized spacial score (nSPS) is 29.5. The second-order valence-corrected chi connectivity index (χ2v) is 23.9. The van der Waals surface area contributed by atoms with Gasteiger partial charge >= 0.3 is 0 Å². The first kappa shape index (κ1) is 75.5. The van der Waals surface area contributed by atoms with Gasteiger partial charge in [-0.25, -0.2) is 0 Å². The lowest BCUT2D eigenvalue weighted by molar-refractivity contribution is -0.379. The van der Waals surface area contributed by atoms with E-state index in [4.69, 9.17) is 28.4 Å². The van der Waals surface area contributed by atoms with Crippen molar-refractivity contribution in [1.29, 1.82) is 0 Å². The molecule has 0 aromatic rings. The van der Waals surface area contributed by atoms with Crippen LogP contribution < -0.4 is 5.32 Å². The third kappa shape index (κ3) is 30.4. The predicted molar refractivity (Wildman–Crippen MR) is 319 cm³/mol. The van der Waals surface area contributed by atoms with Gasteiger partial charge in [0.25, 0.3) is 0 Å². The van der Waals surface area contributed by atoms with Gasteiger partial charge in [-0.05, 0) is 38.5 Å². The van der Waals surface area contributed by atoms with Gasteiger partial charge in [-0.15, -0.1) is 0 Å². The molecular formula is C64H119NO18. The molecule has 3 fully saturated rings. The molecule has 3 saturated heterocycles. The van der Waals surface area contributed by atoms with Crippen LogP contribution in [-0.2, 0) is 33.2 Å². The maximum atomic E-state index is 13.4. The summed E-state index contributed by atoms with van der Waals surface area (Å²) in [5.74, 6) is -0.255. The summed E-state index contributed by atoms with van der Waals surface area (Å²) in [5, 5.41) is 120. The maximum absolute atomic E-state index is 13.4. The quantitative estimate of drug-likeness (QED) is 0.0207. The lowest BCUT2D eigenvalue weighted by Gasteiger charge is -2.48. The van der Waals surface area contributed by atoms with Gasteiger partial charge in [-0.2, -0.15) is 0 Å². The van der Waals surface area contributed by atoms with Crippen LogP contribution in [0, 0.1) is 0 Å². The molecule has 17 atom stereocenters. The first-order chi connectivity index (χ1) is 40.3. The highest BCUT2D eigenvalue weighted by Crippen LogP contribution is 2.33. The molecule has 17 unspecified atom stereocenters. The van der Waals surface area contributed by atoms with Crippen molar-refractivity contribution in [2.75, 3.05) is 26.4 Å². The molecule has 0 bridgehead atoms. The molecule has 0 aliphatic carbocycles. The van der Waals surface area contributed by atoms with Crippen molar-refractivity contribution in [2.24, 2.45) is 0 Å². The summed E-state index contributed by atoms with van der Waals surface area (Å²) in [7, 11) is 0. The van der Waals surface area contributed by atoms with E-state index in [-0.39, 0.29) is 18.9 Å². The third-order valence-corrected chi connectivity index (χ3v) is 16.8. The molecule has 3 aliphatic heterocycles. The zero-order valence-corrected chi connectivity index (χ0v) is 51.2. The molecular weight excluding hydrogens is 1070 g/mol. The molecule has 0 radical (unpaired) electrons. The van der Waals surface area contributed by atoms with Crippen molar-refractivity contribution in [1.82, 2.24) is 5.32 Å². The van der Waals surface area contributed by atoms with Crippen molar-refractivity contribution in [3.05, 3.63) is 24.3 Å². The Bertz CT molecular complexity index is 1610. The number of amides is 1. The average Bonchev–Trinajstić information content (AvgIpc) is 3.19. The Labute approximate surface area is 498 Å². The highest BCUT2D eigenvalue weighted by molar-refractivity contribution is 5.76. The van der Waals surface area contributed by atoms with Crippen LogP contribution in [0.3, 0.4) is 0 Å². The van der Waals surface area contributed by atoms with E-state index in [0.717, 1.165) is 70.6 Å². The Morgan fingerprint density at radius 2 is 0.807 bits per heavy atom. The Morgan fingerprint density at radius 1 is 0.434 bits per heavy atom. The molecule has 0 aromatic heterocycles. The molecule has 3 heterocycles. The van der Waals surface area contributed by atoms with Gasteiger partial charge in [-0.1, -0.05) is 224 Å². The van der Waals surface area contributed by atoms with E-state index < -0.39 is 124 Å². The number of aliphatic hydroxyl groups is 11. The molecule has 0 spiro atoms. The summed E-state index contributed by atoms with van der Waals surface area (Å²) in [4.78, 5) is 13.4. The van der Waals surface area contributed by atoms with E-state index in [0.29, 0.717) is 12.8 Å². The van der Waals surface area contributed by atoms with Crippen LogP contribution in [0.1, 0.15) is 245 Å². The fraction of sp³-hybridized carbons (Fsp3) is 0.922. The Hall–Kier alpha value is -1.73. The van der Waals surface area contributed by atoms with Gasteiger partial charge in [0.05, 0.1) is 38.6 Å². The second kappa shape index (κ2) is 47.3. The van der Waals surface area contributed by atoms with Crippen molar-refractivity contribution >= 4 is 5.91 Å². The standard InChI is InChI=1S/C64H119NO18/c1-3-5-7-9-11-13-15-17-19-20-21-22-23-24-25-26-27-28-29-31-33-35-37-39-41-48(69)47(65-52(70)42-40-38-36-34-32-30-18-16-14-12-10-8-6-4-2)46-78-62-58(76)55(73)60(50(44-67)80-62)83-64-59(77)56(74)61(51(45-68)81-64)82-63-57(75)54(72)53(71)49(43-66)79-63/h10,12,16,18,47-51,53-64,66-69,71-77H,3-9,11,13-15,17,19-46H2,1-2H3,(H,65,70)/b12-10-,18-16-. The minimum Gasteiger partial charge on any atom is -0.394 e. The van der Waals surface area contributed by atoms with Crippen molar-refractivity contribution < 1.29 is 89.4 Å². The summed E-state index contributed by atoms with van der Waals surface area (Å²) >= 11 is 0. The summed E-state index contributed by atoms with van der Waals surface area (Å²) < 4.78 is 34.4. The molecule has 12 N–H and O–H groups in total. The van der Waals surface area contributed by atoms with Gasteiger partial charge in [0, 0.05) is 6.42 Å². The van der Waals surface area contributed by atoms with Crippen LogP contribution in [0.15, 0.2) is 24.3 Å². The highest BCUT2D eigenvalue weighted by atomic mass is 16.8. The molecule has 19 nitrogen and oxygen atoms in total. The predicted octanol–water partition coefficient (Wildman–Crippen LogP) is 7.49. The Kier molecular flexibility index (Phi) is 43.0. The summed E-state index contributed by atoms with van der Waals surface area (Å²) in [5.41, 5.74) is 0. The lowest BCUT2D eigenvalue weighted by atomic mass is 9.96. The topological polar surface area (TPSA) is 307 Å². The minimum atomic E-state index is -1.97. The van der Waals surface area contributed by atoms with Crippen molar-refractivity contribution in [3.63, 3.8) is 0 Å². The van der Waals surface area contributed by atoms with Gasteiger partial charge in [0.15, 0.2) is 18.9 Å². The fourth-order valence-corrected chi connectivity index (χ4v) is 11.3. The molecule has 0 aromatic carbocycles. The number of hydrogen-bond donors (Lipinski definition) is 12. The minimum absolute atomic E-state index is 0.251. The van der Waals surface area contributed by atoms with E-state index >= 15 is 0 Å². The molecule has 3 rings (SSSR count). The fourth-order valence-electron chi connectivity index (χ4n) is 11.3.